The van der Waals surface area contributed by atoms with Gasteiger partial charge in [-0.05, 0) is 110 Å². The maximum absolute atomic E-state index is 13.0. The molecule has 0 saturated carbocycles. The standard InChI is InChI=1S/C36H60N4O9Si/c1-33(2,3)46-29(42)28(41)23-45-25-18-16-24(17-19-25)27-22-40(30(39(27)13)38-32(44)48-35(7,8)9)21-26(49-50(14,15)36(10,11)12)20-37-31(43)47-34(4,5)6/h16-19,22,26,28,41H,20-21,23H2,1-15H3,(H,37,43)/t26-,28-/m1/s1. The van der Waals surface area contributed by atoms with E-state index in [4.69, 9.17) is 23.4 Å². The Bertz CT molecular complexity index is 1530. The van der Waals surface area contributed by atoms with Gasteiger partial charge in [0.05, 0.1) is 18.3 Å². The van der Waals surface area contributed by atoms with Crippen molar-refractivity contribution in [2.45, 2.75) is 137 Å². The topological polar surface area (TPSA) is 152 Å². The second-order valence-electron chi connectivity index (χ2n) is 16.9. The molecule has 0 bridgehead atoms. The van der Waals surface area contributed by atoms with E-state index in [1.54, 1.807) is 86.1 Å². The molecule has 0 aliphatic carbocycles. The summed E-state index contributed by atoms with van der Waals surface area (Å²) in [6.45, 7) is 26.7. The molecule has 1 aromatic carbocycles. The molecule has 0 aliphatic heterocycles. The van der Waals surface area contributed by atoms with E-state index in [9.17, 15) is 19.5 Å². The number of hydrogen-bond acceptors (Lipinski definition) is 9. The minimum Gasteiger partial charge on any atom is -0.490 e. The molecule has 2 N–H and O–H groups in total. The van der Waals surface area contributed by atoms with Gasteiger partial charge in [0.1, 0.15) is 29.2 Å². The number of alkyl carbamates (subject to hydrolysis) is 1. The number of esters is 1. The highest BCUT2D eigenvalue weighted by Gasteiger charge is 2.39. The highest BCUT2D eigenvalue weighted by molar-refractivity contribution is 6.74. The van der Waals surface area contributed by atoms with Crippen LogP contribution in [0.1, 0.15) is 83.1 Å². The maximum Gasteiger partial charge on any atom is 0.437 e. The zero-order chi connectivity index (χ0) is 38.5. The Kier molecular flexibility index (Phi) is 13.7. The number of carbonyl (C=O) groups excluding carboxylic acids is 3. The molecular formula is C36H60N4O9Si. The molecule has 2 amide bonds. The van der Waals surface area contributed by atoms with Gasteiger partial charge >= 0.3 is 18.2 Å². The van der Waals surface area contributed by atoms with E-state index >= 15 is 0 Å². The van der Waals surface area contributed by atoms with Gasteiger partial charge in [-0.25, -0.2) is 14.4 Å². The normalized spacial score (nSPS) is 14.5. The Hall–Kier alpha value is -3.62. The molecule has 2 rings (SSSR count). The number of aliphatic hydroxyl groups is 1. The van der Waals surface area contributed by atoms with Gasteiger partial charge in [0.15, 0.2) is 14.4 Å². The van der Waals surface area contributed by atoms with E-state index in [1.807, 2.05) is 22.9 Å². The Morgan fingerprint density at radius 1 is 0.860 bits per heavy atom. The van der Waals surface area contributed by atoms with Gasteiger partial charge in [0, 0.05) is 19.8 Å². The molecule has 1 aromatic heterocycles. The minimum atomic E-state index is -2.33. The fraction of sp³-hybridized carbons (Fsp3) is 0.667. The SMILES string of the molecule is Cn1c(-c2ccc(OC[C@@H](O)C(=O)OC(C)(C)C)cc2)cn(C[C@@H](CNC(=O)OC(C)(C)C)O[Si](C)(C)C(C)(C)C)c1=NC(=O)OC(C)(C)C. The number of nitrogens with one attached hydrogen (secondary N) is 1. The van der Waals surface area contributed by atoms with Gasteiger partial charge < -0.3 is 42.9 Å². The molecule has 0 aliphatic rings. The van der Waals surface area contributed by atoms with Crippen LogP contribution in [0.3, 0.4) is 0 Å². The van der Waals surface area contributed by atoms with Crippen molar-refractivity contribution < 1.29 is 42.9 Å². The van der Waals surface area contributed by atoms with Crippen LogP contribution < -0.4 is 15.7 Å². The first-order valence-corrected chi connectivity index (χ1v) is 19.8. The van der Waals surface area contributed by atoms with Crippen molar-refractivity contribution in [2.24, 2.45) is 12.0 Å². The zero-order valence-corrected chi connectivity index (χ0v) is 33.7. The van der Waals surface area contributed by atoms with Crippen LogP contribution in [0.15, 0.2) is 35.5 Å². The Labute approximate surface area is 298 Å². The van der Waals surface area contributed by atoms with Crippen LogP contribution in [-0.2, 0) is 37.0 Å². The molecule has 282 valence electrons. The molecule has 2 atom stereocenters. The lowest BCUT2D eigenvalue weighted by Crippen LogP contribution is -2.49. The highest BCUT2D eigenvalue weighted by Crippen LogP contribution is 2.37. The number of aromatic nitrogens is 2. The smallest absolute Gasteiger partial charge is 0.437 e. The lowest BCUT2D eigenvalue weighted by molar-refractivity contribution is -0.166. The number of nitrogens with zero attached hydrogens (tertiary/aromatic N) is 3. The summed E-state index contributed by atoms with van der Waals surface area (Å²) in [6.07, 6.45) is -1.38. The van der Waals surface area contributed by atoms with E-state index in [2.05, 4.69) is 44.2 Å². The predicted molar refractivity (Wildman–Crippen MR) is 194 cm³/mol. The van der Waals surface area contributed by atoms with Crippen molar-refractivity contribution in [1.82, 2.24) is 14.5 Å². The van der Waals surface area contributed by atoms with Crippen LogP contribution in [0.4, 0.5) is 9.59 Å². The Balaban J connectivity index is 2.50. The maximum atomic E-state index is 13.0. The van der Waals surface area contributed by atoms with Crippen LogP contribution in [0.25, 0.3) is 11.3 Å². The molecule has 14 heteroatoms. The van der Waals surface area contributed by atoms with Gasteiger partial charge in [-0.3, -0.25) is 0 Å². The summed E-state index contributed by atoms with van der Waals surface area (Å²) in [7, 11) is -0.538. The summed E-state index contributed by atoms with van der Waals surface area (Å²) in [6, 6.07) is 7.07. The second-order valence-corrected chi connectivity index (χ2v) is 21.6. The number of aliphatic hydroxyl groups excluding tert-OH is 1. The fourth-order valence-corrected chi connectivity index (χ4v) is 5.65. The predicted octanol–water partition coefficient (Wildman–Crippen LogP) is 6.33. The molecule has 0 unspecified atom stereocenters. The van der Waals surface area contributed by atoms with Crippen LogP contribution in [0.5, 0.6) is 5.75 Å². The van der Waals surface area contributed by atoms with Crippen LogP contribution in [0, 0.1) is 0 Å². The molecule has 0 spiro atoms. The zero-order valence-electron chi connectivity index (χ0n) is 32.7. The molecule has 0 radical (unpaired) electrons. The third-order valence-electron chi connectivity index (χ3n) is 7.56. The van der Waals surface area contributed by atoms with E-state index in [0.29, 0.717) is 11.4 Å². The Morgan fingerprint density at radius 3 is 1.90 bits per heavy atom. The summed E-state index contributed by atoms with van der Waals surface area (Å²) >= 11 is 0. The molecule has 0 saturated heterocycles. The third kappa shape index (κ3) is 13.9. The van der Waals surface area contributed by atoms with Crippen molar-refractivity contribution in [1.29, 1.82) is 0 Å². The second kappa shape index (κ2) is 16.2. The van der Waals surface area contributed by atoms with Gasteiger partial charge in [-0.1, -0.05) is 20.8 Å². The van der Waals surface area contributed by atoms with Crippen LogP contribution in [-0.4, -0.2) is 82.9 Å². The van der Waals surface area contributed by atoms with E-state index in [0.717, 1.165) is 11.3 Å². The average molecular weight is 721 g/mol. The quantitative estimate of drug-likeness (QED) is 0.154. The number of benzene rings is 1. The first-order chi connectivity index (χ1) is 22.6. The number of ether oxygens (including phenoxy) is 4. The summed E-state index contributed by atoms with van der Waals surface area (Å²) in [5.74, 6) is -0.325. The minimum absolute atomic E-state index is 0.111. The molecule has 2 aromatic rings. The van der Waals surface area contributed by atoms with Gasteiger partial charge in [-0.15, -0.1) is 4.99 Å². The van der Waals surface area contributed by atoms with Gasteiger partial charge in [0.25, 0.3) is 0 Å². The fourth-order valence-electron chi connectivity index (χ4n) is 4.30. The van der Waals surface area contributed by atoms with E-state index in [1.165, 1.54) is 0 Å². The summed E-state index contributed by atoms with van der Waals surface area (Å²) < 4.78 is 32.3. The lowest BCUT2D eigenvalue weighted by atomic mass is 10.1. The molecule has 50 heavy (non-hydrogen) atoms. The largest absolute Gasteiger partial charge is 0.490 e. The number of amides is 2. The van der Waals surface area contributed by atoms with Gasteiger partial charge in [0.2, 0.25) is 5.62 Å². The number of imidazole rings is 1. The lowest BCUT2D eigenvalue weighted by Gasteiger charge is -2.39. The number of hydrogen-bond donors (Lipinski definition) is 2. The number of carbonyl (C=O) groups is 3. The number of rotatable bonds is 11. The first-order valence-electron chi connectivity index (χ1n) is 16.9. The van der Waals surface area contributed by atoms with Crippen molar-refractivity contribution in [3.8, 4) is 17.0 Å². The molecule has 1 heterocycles. The van der Waals surface area contributed by atoms with Crippen molar-refractivity contribution >= 4 is 26.5 Å². The molecular weight excluding hydrogens is 661 g/mol. The molecule has 13 nitrogen and oxygen atoms in total. The van der Waals surface area contributed by atoms with E-state index < -0.39 is 55.5 Å². The van der Waals surface area contributed by atoms with Crippen molar-refractivity contribution in [2.75, 3.05) is 13.2 Å². The first kappa shape index (κ1) is 42.5. The van der Waals surface area contributed by atoms with Crippen molar-refractivity contribution in [3.05, 3.63) is 36.1 Å². The van der Waals surface area contributed by atoms with Crippen molar-refractivity contribution in [3.63, 3.8) is 0 Å². The van der Waals surface area contributed by atoms with Gasteiger partial charge in [-0.2, -0.15) is 0 Å². The van der Waals surface area contributed by atoms with E-state index in [-0.39, 0.29) is 24.7 Å². The third-order valence-corrected chi connectivity index (χ3v) is 12.1. The summed E-state index contributed by atoms with van der Waals surface area (Å²) in [5, 5.41) is 12.9. The average Bonchev–Trinajstić information content (AvgIpc) is 3.21. The van der Waals surface area contributed by atoms with Crippen LogP contribution in [0.2, 0.25) is 18.1 Å². The summed E-state index contributed by atoms with van der Waals surface area (Å²) in [5.41, 5.74) is -0.333. The van der Waals surface area contributed by atoms with Crippen LogP contribution >= 0.6 is 0 Å². The Morgan fingerprint density at radius 2 is 1.40 bits per heavy atom. The molecule has 0 fully saturated rings. The monoisotopic (exact) mass is 720 g/mol. The summed E-state index contributed by atoms with van der Waals surface area (Å²) in [4.78, 5) is 42.1. The highest BCUT2D eigenvalue weighted by atomic mass is 28.4.